The molecule has 0 saturated carbocycles. The van der Waals surface area contributed by atoms with Gasteiger partial charge in [-0.05, 0) is 54.8 Å². The zero-order valence-electron chi connectivity index (χ0n) is 14.0. The molecule has 4 nitrogen and oxygen atoms in total. The van der Waals surface area contributed by atoms with Crippen LogP contribution in [0.5, 0.6) is 11.5 Å². The summed E-state index contributed by atoms with van der Waals surface area (Å²) >= 11 is 0. The summed E-state index contributed by atoms with van der Waals surface area (Å²) in [4.78, 5) is 0. The molecule has 5 heteroatoms. The van der Waals surface area contributed by atoms with Crippen molar-refractivity contribution in [2.75, 3.05) is 14.2 Å². The van der Waals surface area contributed by atoms with Crippen LogP contribution in [0.15, 0.2) is 41.1 Å². The predicted octanol–water partition coefficient (Wildman–Crippen LogP) is 4.78. The molecule has 0 aliphatic heterocycles. The average Bonchev–Trinajstić information content (AvgIpc) is 3.06. The number of hydrogen-bond acceptors (Lipinski definition) is 4. The fourth-order valence-corrected chi connectivity index (χ4v) is 2.66. The normalized spacial score (nSPS) is 10.7. The van der Waals surface area contributed by atoms with E-state index < -0.39 is 5.82 Å². The van der Waals surface area contributed by atoms with Gasteiger partial charge in [0, 0.05) is 11.1 Å². The van der Waals surface area contributed by atoms with Gasteiger partial charge in [0.2, 0.25) is 0 Å². The highest BCUT2D eigenvalue weighted by atomic mass is 19.1. The number of benzene rings is 2. The van der Waals surface area contributed by atoms with Gasteiger partial charge in [0.25, 0.3) is 0 Å². The summed E-state index contributed by atoms with van der Waals surface area (Å²) in [5.74, 6) is 1.11. The Hall–Kier alpha value is -2.82. The van der Waals surface area contributed by atoms with E-state index in [1.54, 1.807) is 25.4 Å². The third-order valence-electron chi connectivity index (χ3n) is 4.14. The molecule has 3 rings (SSSR count). The maximum atomic E-state index is 14.0. The van der Waals surface area contributed by atoms with E-state index in [9.17, 15) is 4.39 Å². The van der Waals surface area contributed by atoms with Crippen LogP contribution >= 0.6 is 0 Å². The Morgan fingerprint density at radius 1 is 0.958 bits per heavy atom. The molecule has 1 aromatic heterocycles. The minimum Gasteiger partial charge on any atom is -0.496 e. The van der Waals surface area contributed by atoms with Gasteiger partial charge in [-0.2, -0.15) is 0 Å². The predicted molar refractivity (Wildman–Crippen MR) is 89.9 cm³/mol. The monoisotopic (exact) mass is 327 g/mol. The second kappa shape index (κ2) is 6.35. The van der Waals surface area contributed by atoms with Gasteiger partial charge in [-0.25, -0.2) is 4.39 Å². The first-order valence-corrected chi connectivity index (χ1v) is 7.49. The first kappa shape index (κ1) is 16.1. The van der Waals surface area contributed by atoms with E-state index >= 15 is 0 Å². The number of halogens is 1. The molecule has 0 radical (unpaired) electrons. The van der Waals surface area contributed by atoms with Gasteiger partial charge in [0.05, 0.1) is 20.4 Å². The number of rotatable bonds is 4. The van der Waals surface area contributed by atoms with Crippen LogP contribution in [0, 0.1) is 19.7 Å². The van der Waals surface area contributed by atoms with Crippen molar-refractivity contribution in [2.45, 2.75) is 13.8 Å². The molecule has 2 aromatic carbocycles. The van der Waals surface area contributed by atoms with Crippen molar-refractivity contribution in [3.63, 3.8) is 0 Å². The quantitative estimate of drug-likeness (QED) is 0.691. The SMILES string of the molecule is COc1ccc(-c2cnoc2-c2cc(C)c(C)c(OC)c2)cc1F. The summed E-state index contributed by atoms with van der Waals surface area (Å²) in [7, 11) is 3.07. The zero-order valence-corrected chi connectivity index (χ0v) is 14.0. The lowest BCUT2D eigenvalue weighted by Gasteiger charge is -2.11. The third-order valence-corrected chi connectivity index (χ3v) is 4.14. The molecule has 0 spiro atoms. The van der Waals surface area contributed by atoms with Crippen LogP contribution in [0.2, 0.25) is 0 Å². The Balaban J connectivity index is 2.12. The van der Waals surface area contributed by atoms with Crippen molar-refractivity contribution in [1.29, 1.82) is 0 Å². The molecule has 0 fully saturated rings. The summed E-state index contributed by atoms with van der Waals surface area (Å²) < 4.78 is 29.8. The molecule has 0 saturated heterocycles. The fourth-order valence-electron chi connectivity index (χ4n) is 2.66. The van der Waals surface area contributed by atoms with E-state index in [1.807, 2.05) is 26.0 Å². The molecule has 0 aliphatic carbocycles. The van der Waals surface area contributed by atoms with E-state index in [0.29, 0.717) is 16.9 Å². The van der Waals surface area contributed by atoms with Crippen molar-refractivity contribution in [3.05, 3.63) is 53.5 Å². The number of aryl methyl sites for hydroxylation is 1. The molecular weight excluding hydrogens is 309 g/mol. The molecule has 24 heavy (non-hydrogen) atoms. The summed E-state index contributed by atoms with van der Waals surface area (Å²) in [5, 5.41) is 3.89. The lowest BCUT2D eigenvalue weighted by Crippen LogP contribution is -1.92. The second-order valence-corrected chi connectivity index (χ2v) is 5.54. The van der Waals surface area contributed by atoms with Crippen molar-refractivity contribution in [2.24, 2.45) is 0 Å². The smallest absolute Gasteiger partial charge is 0.174 e. The van der Waals surface area contributed by atoms with Crippen LogP contribution in [0.25, 0.3) is 22.5 Å². The minimum atomic E-state index is -0.431. The van der Waals surface area contributed by atoms with Crippen LogP contribution in [0.4, 0.5) is 4.39 Å². The first-order chi connectivity index (χ1) is 11.5. The third kappa shape index (κ3) is 2.73. The highest BCUT2D eigenvalue weighted by Crippen LogP contribution is 2.36. The Morgan fingerprint density at radius 2 is 1.71 bits per heavy atom. The number of hydrogen-bond donors (Lipinski definition) is 0. The molecular formula is C19H18FNO3. The standard InChI is InChI=1S/C19H18FNO3/c1-11-7-14(9-18(23-4)12(11)2)19-15(10-21-24-19)13-5-6-17(22-3)16(20)8-13/h5-10H,1-4H3. The van der Waals surface area contributed by atoms with Crippen molar-refractivity contribution in [1.82, 2.24) is 5.16 Å². The van der Waals surface area contributed by atoms with E-state index in [2.05, 4.69) is 5.16 Å². The molecule has 0 atom stereocenters. The summed E-state index contributed by atoms with van der Waals surface area (Å²) in [6.45, 7) is 4.00. The molecule has 3 aromatic rings. The van der Waals surface area contributed by atoms with Gasteiger partial charge in [-0.15, -0.1) is 0 Å². The number of nitrogens with zero attached hydrogens (tertiary/aromatic N) is 1. The Bertz CT molecular complexity index is 886. The molecule has 0 aliphatic rings. The van der Waals surface area contributed by atoms with Crippen LogP contribution in [0.3, 0.4) is 0 Å². The summed E-state index contributed by atoms with van der Waals surface area (Å²) in [6, 6.07) is 8.67. The summed E-state index contributed by atoms with van der Waals surface area (Å²) in [5.41, 5.74) is 4.35. The van der Waals surface area contributed by atoms with E-state index in [1.165, 1.54) is 13.2 Å². The largest absolute Gasteiger partial charge is 0.496 e. The van der Waals surface area contributed by atoms with Crippen LogP contribution < -0.4 is 9.47 Å². The van der Waals surface area contributed by atoms with Crippen LogP contribution in [-0.4, -0.2) is 19.4 Å². The van der Waals surface area contributed by atoms with Gasteiger partial charge in [-0.1, -0.05) is 11.2 Å². The van der Waals surface area contributed by atoms with E-state index in [-0.39, 0.29) is 5.75 Å². The van der Waals surface area contributed by atoms with Crippen molar-refractivity contribution in [3.8, 4) is 33.9 Å². The van der Waals surface area contributed by atoms with Crippen LogP contribution in [-0.2, 0) is 0 Å². The van der Waals surface area contributed by atoms with Crippen molar-refractivity contribution < 1.29 is 18.4 Å². The molecule has 0 bridgehead atoms. The Kier molecular flexibility index (Phi) is 4.25. The number of aromatic nitrogens is 1. The van der Waals surface area contributed by atoms with Crippen molar-refractivity contribution >= 4 is 0 Å². The Morgan fingerprint density at radius 3 is 2.38 bits per heavy atom. The highest BCUT2D eigenvalue weighted by Gasteiger charge is 2.17. The van der Waals surface area contributed by atoms with Gasteiger partial charge in [0.1, 0.15) is 5.75 Å². The van der Waals surface area contributed by atoms with Gasteiger partial charge in [0.15, 0.2) is 17.3 Å². The zero-order chi connectivity index (χ0) is 17.3. The van der Waals surface area contributed by atoms with Gasteiger partial charge >= 0.3 is 0 Å². The maximum absolute atomic E-state index is 14.0. The lowest BCUT2D eigenvalue weighted by atomic mass is 9.98. The van der Waals surface area contributed by atoms with Gasteiger partial charge < -0.3 is 14.0 Å². The first-order valence-electron chi connectivity index (χ1n) is 7.49. The van der Waals surface area contributed by atoms with Gasteiger partial charge in [-0.3, -0.25) is 0 Å². The molecule has 0 amide bonds. The molecule has 0 unspecified atom stereocenters. The fraction of sp³-hybridized carbons (Fsp3) is 0.211. The van der Waals surface area contributed by atoms with Crippen LogP contribution in [0.1, 0.15) is 11.1 Å². The average molecular weight is 327 g/mol. The Labute approximate surface area is 139 Å². The maximum Gasteiger partial charge on any atom is 0.174 e. The van der Waals surface area contributed by atoms with E-state index in [4.69, 9.17) is 14.0 Å². The number of ether oxygens (including phenoxy) is 2. The highest BCUT2D eigenvalue weighted by molar-refractivity contribution is 5.80. The minimum absolute atomic E-state index is 0.199. The van der Waals surface area contributed by atoms with E-state index in [0.717, 1.165) is 22.4 Å². The topological polar surface area (TPSA) is 44.5 Å². The molecule has 124 valence electrons. The molecule has 1 heterocycles. The second-order valence-electron chi connectivity index (χ2n) is 5.54. The number of methoxy groups -OCH3 is 2. The lowest BCUT2D eigenvalue weighted by molar-refractivity contribution is 0.386. The molecule has 0 N–H and O–H groups in total. The summed E-state index contributed by atoms with van der Waals surface area (Å²) in [6.07, 6.45) is 1.58.